The van der Waals surface area contributed by atoms with Crippen molar-refractivity contribution in [3.05, 3.63) is 34.0 Å². The summed E-state index contributed by atoms with van der Waals surface area (Å²) >= 11 is 0. The van der Waals surface area contributed by atoms with E-state index in [-0.39, 0.29) is 10.8 Å². The van der Waals surface area contributed by atoms with Gasteiger partial charge in [-0.1, -0.05) is 0 Å². The minimum absolute atomic E-state index is 0.105. The number of hydrogen-bond acceptors (Lipinski definition) is 5. The van der Waals surface area contributed by atoms with Crippen molar-refractivity contribution >= 4 is 21.7 Å². The van der Waals surface area contributed by atoms with Crippen LogP contribution in [0.25, 0.3) is 0 Å². The van der Waals surface area contributed by atoms with E-state index in [2.05, 4.69) is 22.1 Å². The van der Waals surface area contributed by atoms with E-state index in [1.165, 1.54) is 38.7 Å². The van der Waals surface area contributed by atoms with Gasteiger partial charge in [0.15, 0.2) is 4.90 Å². The lowest BCUT2D eigenvalue weighted by molar-refractivity contribution is 0.224. The molecule has 0 atom stereocenters. The summed E-state index contributed by atoms with van der Waals surface area (Å²) in [6.07, 6.45) is 7.99. The van der Waals surface area contributed by atoms with Crippen molar-refractivity contribution in [3.8, 4) is 5.88 Å². The maximum atomic E-state index is 12.8. The molecule has 1 aromatic heterocycles. The van der Waals surface area contributed by atoms with E-state index < -0.39 is 16.1 Å². The van der Waals surface area contributed by atoms with Gasteiger partial charge < -0.3 is 10.1 Å². The number of sulfonamides is 1. The Morgan fingerprint density at radius 3 is 2.41 bits per heavy atom. The van der Waals surface area contributed by atoms with Crippen LogP contribution in [0.2, 0.25) is 0 Å². The lowest BCUT2D eigenvalue weighted by Crippen LogP contribution is -2.35. The Balaban J connectivity index is 1.43. The maximum absolute atomic E-state index is 12.8. The number of aryl methyl sites for hydroxylation is 1. The Morgan fingerprint density at radius 2 is 1.72 bits per heavy atom. The molecule has 3 aliphatic rings. The summed E-state index contributed by atoms with van der Waals surface area (Å²) in [5, 5.41) is 6.93. The van der Waals surface area contributed by atoms with Gasteiger partial charge in [-0.2, -0.15) is 5.10 Å². The smallest absolute Gasteiger partial charge is 0.333 e. The van der Waals surface area contributed by atoms with E-state index in [4.69, 9.17) is 4.74 Å². The predicted molar refractivity (Wildman–Crippen MR) is 107 cm³/mol. The second kappa shape index (κ2) is 6.76. The summed E-state index contributed by atoms with van der Waals surface area (Å²) in [7, 11) is -4.08. The SMILES string of the molecule is Cc1c2c(c(NC(=O)NS(=O)(=O)c3cnn4c3OCCC4)c3c1CCC3)CCC2. The number of carbonyl (C=O) groups excluding carboxylic acids is 1. The number of nitrogens with one attached hydrogen (secondary N) is 2. The van der Waals surface area contributed by atoms with E-state index in [0.717, 1.165) is 50.6 Å². The molecule has 2 N–H and O–H groups in total. The van der Waals surface area contributed by atoms with Gasteiger partial charge in [0, 0.05) is 18.7 Å². The lowest BCUT2D eigenvalue weighted by Gasteiger charge is -2.19. The summed E-state index contributed by atoms with van der Waals surface area (Å²) < 4.78 is 34.7. The second-order valence-electron chi connectivity index (χ2n) is 7.92. The number of benzene rings is 1. The predicted octanol–water partition coefficient (Wildman–Crippen LogP) is 2.46. The van der Waals surface area contributed by atoms with Crippen LogP contribution in [-0.2, 0) is 42.3 Å². The van der Waals surface area contributed by atoms with Gasteiger partial charge in [0.05, 0.1) is 12.8 Å². The molecule has 2 heterocycles. The molecular formula is C20H24N4O4S. The first kappa shape index (κ1) is 18.5. The highest BCUT2D eigenvalue weighted by Crippen LogP contribution is 2.41. The zero-order chi connectivity index (χ0) is 20.2. The molecule has 2 aliphatic carbocycles. The third kappa shape index (κ3) is 2.99. The molecule has 0 saturated carbocycles. The van der Waals surface area contributed by atoms with E-state index in [9.17, 15) is 13.2 Å². The van der Waals surface area contributed by atoms with Crippen LogP contribution in [0.15, 0.2) is 11.1 Å². The summed E-state index contributed by atoms with van der Waals surface area (Å²) in [4.78, 5) is 12.6. The average Bonchev–Trinajstić information content (AvgIpc) is 3.43. The minimum Gasteiger partial charge on any atom is -0.477 e. The first-order valence-electron chi connectivity index (χ1n) is 10.1. The number of carbonyl (C=O) groups is 1. The Kier molecular flexibility index (Phi) is 4.31. The molecule has 8 nitrogen and oxygen atoms in total. The molecule has 0 radical (unpaired) electrons. The van der Waals surface area contributed by atoms with E-state index in [0.29, 0.717) is 13.2 Å². The van der Waals surface area contributed by atoms with Crippen molar-refractivity contribution in [3.63, 3.8) is 0 Å². The van der Waals surface area contributed by atoms with Crippen LogP contribution < -0.4 is 14.8 Å². The summed E-state index contributed by atoms with van der Waals surface area (Å²) in [6.45, 7) is 3.20. The van der Waals surface area contributed by atoms with Crippen LogP contribution in [0.5, 0.6) is 5.88 Å². The zero-order valence-corrected chi connectivity index (χ0v) is 17.2. The largest absolute Gasteiger partial charge is 0.477 e. The molecule has 9 heteroatoms. The van der Waals surface area contributed by atoms with Gasteiger partial charge in [0.1, 0.15) is 0 Å². The number of ether oxygens (including phenoxy) is 1. The fourth-order valence-corrected chi connectivity index (χ4v) is 5.91. The highest BCUT2D eigenvalue weighted by molar-refractivity contribution is 7.90. The number of rotatable bonds is 3. The number of hydrogen-bond donors (Lipinski definition) is 2. The Labute approximate surface area is 169 Å². The average molecular weight is 417 g/mol. The molecule has 154 valence electrons. The van der Waals surface area contributed by atoms with Gasteiger partial charge in [0.25, 0.3) is 10.0 Å². The number of urea groups is 1. The molecule has 0 unspecified atom stereocenters. The van der Waals surface area contributed by atoms with Crippen LogP contribution in [0.3, 0.4) is 0 Å². The molecule has 29 heavy (non-hydrogen) atoms. The molecule has 0 fully saturated rings. The lowest BCUT2D eigenvalue weighted by atomic mass is 9.93. The number of nitrogens with zero attached hydrogens (tertiary/aromatic N) is 2. The zero-order valence-electron chi connectivity index (χ0n) is 16.4. The molecular weight excluding hydrogens is 392 g/mol. The summed E-state index contributed by atoms with van der Waals surface area (Å²) in [6, 6.07) is -0.743. The number of amides is 2. The van der Waals surface area contributed by atoms with Crippen LogP contribution in [-0.4, -0.2) is 30.8 Å². The highest BCUT2D eigenvalue weighted by atomic mass is 32.2. The normalized spacial score (nSPS) is 17.3. The van der Waals surface area contributed by atoms with E-state index >= 15 is 0 Å². The van der Waals surface area contributed by atoms with Gasteiger partial charge in [-0.15, -0.1) is 0 Å². The van der Waals surface area contributed by atoms with Crippen molar-refractivity contribution in [2.24, 2.45) is 0 Å². The number of anilines is 1. The molecule has 0 bridgehead atoms. The van der Waals surface area contributed by atoms with E-state index in [1.807, 2.05) is 0 Å². The molecule has 2 aromatic rings. The molecule has 5 rings (SSSR count). The van der Waals surface area contributed by atoms with Crippen molar-refractivity contribution in [1.29, 1.82) is 0 Å². The van der Waals surface area contributed by atoms with Crippen molar-refractivity contribution in [1.82, 2.24) is 14.5 Å². The van der Waals surface area contributed by atoms with Crippen molar-refractivity contribution in [2.45, 2.75) is 63.3 Å². The standard InChI is InChI=1S/C20H24N4O4S/c1-12-13-5-2-7-15(13)18(16-8-3-6-14(12)16)22-20(25)23-29(26,27)17-11-21-24-9-4-10-28-19(17)24/h11H,2-10H2,1H3,(H2,22,23,25). The van der Waals surface area contributed by atoms with Gasteiger partial charge >= 0.3 is 6.03 Å². The van der Waals surface area contributed by atoms with Gasteiger partial charge in [-0.05, 0) is 73.3 Å². The Hall–Kier alpha value is -2.55. The topological polar surface area (TPSA) is 102 Å². The minimum atomic E-state index is -4.08. The quantitative estimate of drug-likeness (QED) is 0.800. The first-order valence-corrected chi connectivity index (χ1v) is 11.6. The Morgan fingerprint density at radius 1 is 1.07 bits per heavy atom. The molecule has 2 amide bonds. The van der Waals surface area contributed by atoms with Crippen LogP contribution >= 0.6 is 0 Å². The van der Waals surface area contributed by atoms with Gasteiger partial charge in [0.2, 0.25) is 5.88 Å². The van der Waals surface area contributed by atoms with Gasteiger partial charge in [-0.3, -0.25) is 0 Å². The molecule has 1 aliphatic heterocycles. The van der Waals surface area contributed by atoms with Crippen molar-refractivity contribution in [2.75, 3.05) is 11.9 Å². The highest BCUT2D eigenvalue weighted by Gasteiger charge is 2.31. The monoisotopic (exact) mass is 416 g/mol. The summed E-state index contributed by atoms with van der Waals surface area (Å²) in [5.74, 6) is 0.189. The number of fused-ring (bicyclic) bond motifs is 3. The number of aromatic nitrogens is 2. The maximum Gasteiger partial charge on any atom is 0.333 e. The van der Waals surface area contributed by atoms with Crippen LogP contribution in [0.1, 0.15) is 47.1 Å². The van der Waals surface area contributed by atoms with Crippen LogP contribution in [0, 0.1) is 6.92 Å². The van der Waals surface area contributed by atoms with E-state index in [1.54, 1.807) is 0 Å². The van der Waals surface area contributed by atoms with Gasteiger partial charge in [-0.25, -0.2) is 22.6 Å². The third-order valence-corrected chi connectivity index (χ3v) is 7.53. The third-order valence-electron chi connectivity index (χ3n) is 6.21. The first-order chi connectivity index (χ1) is 14.0. The Bertz CT molecular complexity index is 1080. The molecule has 1 aromatic carbocycles. The van der Waals surface area contributed by atoms with Crippen molar-refractivity contribution < 1.29 is 17.9 Å². The second-order valence-corrected chi connectivity index (χ2v) is 9.57. The fourth-order valence-electron chi connectivity index (χ4n) is 4.93. The molecule has 0 saturated heterocycles. The molecule has 0 spiro atoms. The van der Waals surface area contributed by atoms with Crippen LogP contribution in [0.4, 0.5) is 10.5 Å². The summed E-state index contributed by atoms with van der Waals surface area (Å²) in [5.41, 5.74) is 7.15. The fraction of sp³-hybridized carbons (Fsp3) is 0.500.